The molecule has 17 heavy (non-hydrogen) atoms. The van der Waals surface area contributed by atoms with Crippen molar-refractivity contribution in [3.63, 3.8) is 0 Å². The van der Waals surface area contributed by atoms with Gasteiger partial charge < -0.3 is 9.72 Å². The SMILES string of the molecule is COC(=O)c1ccnc2[nH]c3ccccc3c12. The topological polar surface area (TPSA) is 55.0 Å². The number of H-pyrrole nitrogens is 1. The first-order chi connectivity index (χ1) is 8.31. The largest absolute Gasteiger partial charge is 0.465 e. The number of rotatable bonds is 1. The third kappa shape index (κ3) is 1.38. The molecule has 0 spiro atoms. The number of nitrogens with one attached hydrogen (secondary N) is 1. The molecule has 0 saturated carbocycles. The molecular formula is C13H10N2O2. The fourth-order valence-corrected chi connectivity index (χ4v) is 2.05. The molecule has 4 nitrogen and oxygen atoms in total. The molecular weight excluding hydrogens is 216 g/mol. The van der Waals surface area contributed by atoms with E-state index in [-0.39, 0.29) is 5.97 Å². The molecule has 0 radical (unpaired) electrons. The van der Waals surface area contributed by atoms with Gasteiger partial charge in [-0.05, 0) is 12.1 Å². The van der Waals surface area contributed by atoms with E-state index in [1.807, 2.05) is 24.3 Å². The second-order valence-electron chi connectivity index (χ2n) is 3.74. The summed E-state index contributed by atoms with van der Waals surface area (Å²) in [6.45, 7) is 0. The number of esters is 1. The van der Waals surface area contributed by atoms with Gasteiger partial charge in [-0.25, -0.2) is 9.78 Å². The van der Waals surface area contributed by atoms with Crippen LogP contribution in [0.15, 0.2) is 36.5 Å². The second kappa shape index (κ2) is 3.59. The number of benzene rings is 1. The van der Waals surface area contributed by atoms with Crippen molar-refractivity contribution >= 4 is 27.9 Å². The van der Waals surface area contributed by atoms with Crippen molar-refractivity contribution in [2.24, 2.45) is 0 Å². The van der Waals surface area contributed by atoms with Gasteiger partial charge in [0, 0.05) is 22.5 Å². The molecule has 0 unspecified atom stereocenters. The third-order valence-corrected chi connectivity index (χ3v) is 2.81. The number of aromatic amines is 1. The number of methoxy groups -OCH3 is 1. The summed E-state index contributed by atoms with van der Waals surface area (Å²) in [6.07, 6.45) is 1.60. The minimum atomic E-state index is -0.345. The number of para-hydroxylation sites is 1. The number of nitrogens with zero attached hydrogens (tertiary/aromatic N) is 1. The Balaban J connectivity index is 2.47. The Labute approximate surface area is 97.2 Å². The summed E-state index contributed by atoms with van der Waals surface area (Å²) in [5, 5.41) is 1.80. The number of fused-ring (bicyclic) bond motifs is 3. The summed E-state index contributed by atoms with van der Waals surface area (Å²) in [7, 11) is 1.38. The van der Waals surface area contributed by atoms with E-state index in [1.54, 1.807) is 12.3 Å². The van der Waals surface area contributed by atoms with Crippen molar-refractivity contribution < 1.29 is 9.53 Å². The number of pyridine rings is 1. The zero-order valence-corrected chi connectivity index (χ0v) is 9.23. The Bertz CT molecular complexity index is 716. The maximum absolute atomic E-state index is 11.7. The van der Waals surface area contributed by atoms with E-state index >= 15 is 0 Å². The highest BCUT2D eigenvalue weighted by molar-refractivity contribution is 6.15. The summed E-state index contributed by atoms with van der Waals surface area (Å²) < 4.78 is 4.78. The summed E-state index contributed by atoms with van der Waals surface area (Å²) in [6, 6.07) is 9.47. The summed E-state index contributed by atoms with van der Waals surface area (Å²) in [5.74, 6) is -0.345. The normalized spacial score (nSPS) is 10.9. The van der Waals surface area contributed by atoms with Crippen LogP contribution in [0.25, 0.3) is 21.9 Å². The van der Waals surface area contributed by atoms with Crippen LogP contribution < -0.4 is 0 Å². The van der Waals surface area contributed by atoms with Gasteiger partial charge in [0.25, 0.3) is 0 Å². The predicted octanol–water partition coefficient (Wildman–Crippen LogP) is 2.50. The van der Waals surface area contributed by atoms with Gasteiger partial charge in [0.15, 0.2) is 0 Å². The molecule has 0 aliphatic heterocycles. The fraction of sp³-hybridized carbons (Fsp3) is 0.0769. The smallest absolute Gasteiger partial charge is 0.338 e. The van der Waals surface area contributed by atoms with Crippen molar-refractivity contribution in [1.82, 2.24) is 9.97 Å². The molecule has 2 aromatic heterocycles. The van der Waals surface area contributed by atoms with Crippen LogP contribution in [-0.2, 0) is 4.74 Å². The van der Waals surface area contributed by atoms with Crippen LogP contribution in [0.2, 0.25) is 0 Å². The van der Waals surface area contributed by atoms with E-state index in [9.17, 15) is 4.79 Å². The van der Waals surface area contributed by atoms with Gasteiger partial charge in [-0.15, -0.1) is 0 Å². The van der Waals surface area contributed by atoms with Gasteiger partial charge in [0.05, 0.1) is 12.7 Å². The zero-order valence-electron chi connectivity index (χ0n) is 9.23. The highest BCUT2D eigenvalue weighted by Crippen LogP contribution is 2.27. The van der Waals surface area contributed by atoms with Crippen molar-refractivity contribution in [3.05, 3.63) is 42.1 Å². The number of aromatic nitrogens is 2. The molecule has 1 aromatic carbocycles. The van der Waals surface area contributed by atoms with Crippen LogP contribution in [0, 0.1) is 0 Å². The molecule has 0 saturated heterocycles. The third-order valence-electron chi connectivity index (χ3n) is 2.81. The molecule has 3 rings (SSSR count). The average molecular weight is 226 g/mol. The molecule has 0 atom stereocenters. The van der Waals surface area contributed by atoms with E-state index in [1.165, 1.54) is 7.11 Å². The molecule has 1 N–H and O–H groups in total. The first-order valence-corrected chi connectivity index (χ1v) is 5.25. The number of ether oxygens (including phenoxy) is 1. The molecule has 84 valence electrons. The Morgan fingerprint density at radius 3 is 2.94 bits per heavy atom. The van der Waals surface area contributed by atoms with Gasteiger partial charge in [-0.3, -0.25) is 0 Å². The predicted molar refractivity (Wildman–Crippen MR) is 64.9 cm³/mol. The van der Waals surface area contributed by atoms with Crippen LogP contribution in [-0.4, -0.2) is 23.0 Å². The van der Waals surface area contributed by atoms with Crippen molar-refractivity contribution in [2.45, 2.75) is 0 Å². The van der Waals surface area contributed by atoms with E-state index in [2.05, 4.69) is 9.97 Å². The Hall–Kier alpha value is -2.36. The Morgan fingerprint density at radius 2 is 2.12 bits per heavy atom. The van der Waals surface area contributed by atoms with Crippen LogP contribution >= 0.6 is 0 Å². The molecule has 0 aliphatic rings. The monoisotopic (exact) mass is 226 g/mol. The van der Waals surface area contributed by atoms with Gasteiger partial charge in [-0.1, -0.05) is 18.2 Å². The molecule has 3 aromatic rings. The lowest BCUT2D eigenvalue weighted by molar-refractivity contribution is 0.0603. The zero-order chi connectivity index (χ0) is 11.8. The quantitative estimate of drug-likeness (QED) is 0.648. The molecule has 0 fully saturated rings. The van der Waals surface area contributed by atoms with E-state index in [4.69, 9.17) is 4.74 Å². The van der Waals surface area contributed by atoms with Crippen molar-refractivity contribution in [1.29, 1.82) is 0 Å². The summed E-state index contributed by atoms with van der Waals surface area (Å²) in [5.41, 5.74) is 2.20. The van der Waals surface area contributed by atoms with Gasteiger partial charge in [0.2, 0.25) is 0 Å². The maximum Gasteiger partial charge on any atom is 0.338 e. The maximum atomic E-state index is 11.7. The lowest BCUT2D eigenvalue weighted by atomic mass is 10.1. The van der Waals surface area contributed by atoms with Crippen molar-refractivity contribution in [2.75, 3.05) is 7.11 Å². The highest BCUT2D eigenvalue weighted by Gasteiger charge is 2.14. The molecule has 4 heteroatoms. The highest BCUT2D eigenvalue weighted by atomic mass is 16.5. The van der Waals surface area contributed by atoms with Crippen LogP contribution in [0.3, 0.4) is 0 Å². The van der Waals surface area contributed by atoms with Gasteiger partial charge in [0.1, 0.15) is 5.65 Å². The number of hydrogen-bond acceptors (Lipinski definition) is 3. The Kier molecular flexibility index (Phi) is 2.08. The first-order valence-electron chi connectivity index (χ1n) is 5.25. The van der Waals surface area contributed by atoms with Gasteiger partial charge >= 0.3 is 5.97 Å². The first kappa shape index (κ1) is 9.84. The molecule has 0 aliphatic carbocycles. The van der Waals surface area contributed by atoms with E-state index < -0.39 is 0 Å². The van der Waals surface area contributed by atoms with Crippen LogP contribution in [0.4, 0.5) is 0 Å². The number of carbonyl (C=O) groups excluding carboxylic acids is 1. The number of hydrogen-bond donors (Lipinski definition) is 1. The second-order valence-corrected chi connectivity index (χ2v) is 3.74. The molecule has 0 amide bonds. The molecule has 2 heterocycles. The minimum absolute atomic E-state index is 0.345. The van der Waals surface area contributed by atoms with Crippen molar-refractivity contribution in [3.8, 4) is 0 Å². The minimum Gasteiger partial charge on any atom is -0.465 e. The van der Waals surface area contributed by atoms with E-state index in [0.717, 1.165) is 16.3 Å². The van der Waals surface area contributed by atoms with Crippen LogP contribution in [0.5, 0.6) is 0 Å². The average Bonchev–Trinajstić information content (AvgIpc) is 2.76. The Morgan fingerprint density at radius 1 is 1.29 bits per heavy atom. The summed E-state index contributed by atoms with van der Waals surface area (Å²) >= 11 is 0. The lowest BCUT2D eigenvalue weighted by Gasteiger charge is -2.00. The number of carbonyl (C=O) groups is 1. The van der Waals surface area contributed by atoms with Crippen LogP contribution in [0.1, 0.15) is 10.4 Å². The lowest BCUT2D eigenvalue weighted by Crippen LogP contribution is -2.01. The standard InChI is InChI=1S/C13H10N2O2/c1-17-13(16)9-6-7-14-12-11(9)8-4-2-3-5-10(8)15-12/h2-7H,1H3,(H,14,15). The fourth-order valence-electron chi connectivity index (χ4n) is 2.05. The molecule has 0 bridgehead atoms. The van der Waals surface area contributed by atoms with Gasteiger partial charge in [-0.2, -0.15) is 0 Å². The van der Waals surface area contributed by atoms with E-state index in [0.29, 0.717) is 11.2 Å². The summed E-state index contributed by atoms with van der Waals surface area (Å²) in [4.78, 5) is 19.1.